The topological polar surface area (TPSA) is 84.9 Å². The highest BCUT2D eigenvalue weighted by molar-refractivity contribution is 6.05. The largest absolute Gasteiger partial charge is 0.573 e. The number of aryl methyl sites for hydroxylation is 1. The van der Waals surface area contributed by atoms with E-state index in [1.807, 2.05) is 25.1 Å². The van der Waals surface area contributed by atoms with Gasteiger partial charge in [0.1, 0.15) is 24.1 Å². The summed E-state index contributed by atoms with van der Waals surface area (Å²) in [6.07, 6.45) is -2.37. The molecule has 1 fully saturated rings. The van der Waals surface area contributed by atoms with E-state index in [1.165, 1.54) is 24.3 Å². The van der Waals surface area contributed by atoms with Crippen LogP contribution in [0.2, 0.25) is 0 Å². The predicted molar refractivity (Wildman–Crippen MR) is 122 cm³/mol. The highest BCUT2D eigenvalue weighted by Crippen LogP contribution is 2.34. The molecule has 6 nitrogen and oxygen atoms in total. The maximum atomic E-state index is 13.2. The molecule has 0 heterocycles. The van der Waals surface area contributed by atoms with E-state index in [2.05, 4.69) is 10.1 Å². The summed E-state index contributed by atoms with van der Waals surface area (Å²) in [6.45, 7) is 1.87. The Bertz CT molecular complexity index is 1240. The van der Waals surface area contributed by atoms with Crippen LogP contribution in [0.4, 0.5) is 13.2 Å². The van der Waals surface area contributed by atoms with Crippen molar-refractivity contribution in [2.75, 3.05) is 0 Å². The Hall–Kier alpha value is -3.75. The number of carboxylic acids is 1. The third kappa shape index (κ3) is 5.85. The second-order valence-corrected chi connectivity index (χ2v) is 8.63. The summed E-state index contributed by atoms with van der Waals surface area (Å²) in [5.41, 5.74) is 1.69. The maximum Gasteiger partial charge on any atom is 0.573 e. The van der Waals surface area contributed by atoms with Crippen LogP contribution in [0.3, 0.4) is 0 Å². The quantitative estimate of drug-likeness (QED) is 0.432. The number of benzene rings is 3. The van der Waals surface area contributed by atoms with Crippen molar-refractivity contribution in [2.45, 2.75) is 45.2 Å². The zero-order chi connectivity index (χ0) is 25.2. The molecule has 0 unspecified atom stereocenters. The molecule has 2 N–H and O–H groups in total. The third-order valence-corrected chi connectivity index (χ3v) is 6.09. The number of fused-ring (bicyclic) bond motifs is 1. The van der Waals surface area contributed by atoms with Gasteiger partial charge in [0.2, 0.25) is 0 Å². The van der Waals surface area contributed by atoms with E-state index in [1.54, 1.807) is 12.1 Å². The second-order valence-electron chi connectivity index (χ2n) is 8.63. The number of carbonyl (C=O) groups excluding carboxylic acids is 1. The first-order valence-electron chi connectivity index (χ1n) is 11.2. The molecule has 3 aromatic carbocycles. The zero-order valence-electron chi connectivity index (χ0n) is 18.9. The van der Waals surface area contributed by atoms with Gasteiger partial charge in [-0.2, -0.15) is 0 Å². The number of carbonyl (C=O) groups is 2. The lowest BCUT2D eigenvalue weighted by Gasteiger charge is -2.31. The molecule has 1 amide bonds. The fourth-order valence-electron chi connectivity index (χ4n) is 4.06. The molecule has 35 heavy (non-hydrogen) atoms. The Labute approximate surface area is 199 Å². The number of nitrogens with one attached hydrogen (secondary N) is 1. The lowest BCUT2D eigenvalue weighted by atomic mass is 9.79. The number of alkyl halides is 3. The Balaban J connectivity index is 1.61. The van der Waals surface area contributed by atoms with Crippen LogP contribution in [0, 0.1) is 12.8 Å². The van der Waals surface area contributed by atoms with Crippen LogP contribution in [0.25, 0.3) is 10.8 Å². The minimum Gasteiger partial charge on any atom is -0.487 e. The van der Waals surface area contributed by atoms with E-state index in [-0.39, 0.29) is 29.6 Å². The van der Waals surface area contributed by atoms with Crippen molar-refractivity contribution in [3.8, 4) is 11.5 Å². The molecule has 0 aromatic heterocycles. The summed E-state index contributed by atoms with van der Waals surface area (Å²) in [4.78, 5) is 24.9. The highest BCUT2D eigenvalue weighted by Gasteiger charge is 2.34. The van der Waals surface area contributed by atoms with Crippen molar-refractivity contribution in [2.24, 2.45) is 5.92 Å². The van der Waals surface area contributed by atoms with E-state index in [4.69, 9.17) is 4.74 Å². The van der Waals surface area contributed by atoms with Crippen LogP contribution in [0.15, 0.2) is 54.6 Å². The standard InChI is InChI=1S/C26H24F3NO5/c1-15-5-8-17-9-12-20(24(31)30-22(25(32)33)18-3-2-4-18)23(21(17)13-15)34-14-16-6-10-19(11-7-16)35-26(27,28)29/h5-13,18,22H,2-4,14H2,1H3,(H,30,31)(H,32,33)/t22-/m0/s1. The van der Waals surface area contributed by atoms with Gasteiger partial charge in [-0.05, 0) is 60.9 Å². The molecule has 4 rings (SSSR count). The minimum atomic E-state index is -4.78. The molecule has 1 aliphatic rings. The van der Waals surface area contributed by atoms with Crippen molar-refractivity contribution in [3.63, 3.8) is 0 Å². The van der Waals surface area contributed by atoms with Gasteiger partial charge < -0.3 is 19.9 Å². The van der Waals surface area contributed by atoms with Crippen LogP contribution < -0.4 is 14.8 Å². The van der Waals surface area contributed by atoms with Crippen molar-refractivity contribution >= 4 is 22.6 Å². The van der Waals surface area contributed by atoms with Crippen LogP contribution in [-0.2, 0) is 11.4 Å². The van der Waals surface area contributed by atoms with Gasteiger partial charge in [-0.3, -0.25) is 4.79 Å². The second kappa shape index (κ2) is 9.85. The van der Waals surface area contributed by atoms with Crippen molar-refractivity contribution < 1.29 is 37.3 Å². The summed E-state index contributed by atoms with van der Waals surface area (Å²) < 4.78 is 47.1. The van der Waals surface area contributed by atoms with E-state index in [0.717, 1.165) is 30.2 Å². The normalized spacial score (nSPS) is 14.7. The van der Waals surface area contributed by atoms with Gasteiger partial charge in [0.05, 0.1) is 5.56 Å². The molecule has 0 bridgehead atoms. The Morgan fingerprint density at radius 3 is 2.37 bits per heavy atom. The average molecular weight is 487 g/mol. The first kappa shape index (κ1) is 24.4. The summed E-state index contributed by atoms with van der Waals surface area (Å²) >= 11 is 0. The van der Waals surface area contributed by atoms with Crippen molar-refractivity contribution in [3.05, 3.63) is 71.3 Å². The van der Waals surface area contributed by atoms with E-state index >= 15 is 0 Å². The molecular formula is C26H24F3NO5. The first-order valence-corrected chi connectivity index (χ1v) is 11.2. The molecule has 0 aliphatic heterocycles. The number of hydrogen-bond donors (Lipinski definition) is 2. The molecule has 1 aliphatic carbocycles. The smallest absolute Gasteiger partial charge is 0.487 e. The number of rotatable bonds is 8. The number of aliphatic carboxylic acids is 1. The van der Waals surface area contributed by atoms with Crippen molar-refractivity contribution in [1.29, 1.82) is 0 Å². The third-order valence-electron chi connectivity index (χ3n) is 6.09. The van der Waals surface area contributed by atoms with Crippen molar-refractivity contribution in [1.82, 2.24) is 5.32 Å². The predicted octanol–water partition coefficient (Wildman–Crippen LogP) is 5.61. The summed E-state index contributed by atoms with van der Waals surface area (Å²) in [5.74, 6) is -1.82. The van der Waals surface area contributed by atoms with Gasteiger partial charge in [0, 0.05) is 5.39 Å². The minimum absolute atomic E-state index is 0.0232. The Morgan fingerprint density at radius 2 is 1.77 bits per heavy atom. The van der Waals surface area contributed by atoms with Gasteiger partial charge in [0.15, 0.2) is 0 Å². The SMILES string of the molecule is Cc1ccc2ccc(C(=O)N[C@H](C(=O)O)C3CCC3)c(OCc3ccc(OC(F)(F)F)cc3)c2c1. The summed E-state index contributed by atoms with van der Waals surface area (Å²) in [5, 5.41) is 13.7. The molecule has 0 radical (unpaired) electrons. The van der Waals surface area contributed by atoms with Crippen LogP contribution in [0.5, 0.6) is 11.5 Å². The lowest BCUT2D eigenvalue weighted by molar-refractivity contribution is -0.274. The highest BCUT2D eigenvalue weighted by atomic mass is 19.4. The number of carboxylic acid groups (broad SMARTS) is 1. The molecule has 1 atom stereocenters. The fraction of sp³-hybridized carbons (Fsp3) is 0.308. The summed E-state index contributed by atoms with van der Waals surface area (Å²) in [7, 11) is 0. The first-order chi connectivity index (χ1) is 16.6. The number of hydrogen-bond acceptors (Lipinski definition) is 4. The van der Waals surface area contributed by atoms with Crippen LogP contribution in [-0.4, -0.2) is 29.4 Å². The van der Waals surface area contributed by atoms with Crippen LogP contribution >= 0.6 is 0 Å². The van der Waals surface area contributed by atoms with E-state index in [9.17, 15) is 27.9 Å². The van der Waals surface area contributed by atoms with E-state index < -0.39 is 24.3 Å². The number of ether oxygens (including phenoxy) is 2. The monoisotopic (exact) mass is 487 g/mol. The lowest BCUT2D eigenvalue weighted by Crippen LogP contribution is -2.48. The zero-order valence-corrected chi connectivity index (χ0v) is 18.9. The average Bonchev–Trinajstić information content (AvgIpc) is 2.75. The molecule has 3 aromatic rings. The molecule has 0 saturated heterocycles. The number of amides is 1. The molecule has 9 heteroatoms. The molecule has 0 spiro atoms. The fourth-order valence-corrected chi connectivity index (χ4v) is 4.06. The Morgan fingerprint density at radius 1 is 1.09 bits per heavy atom. The molecule has 184 valence electrons. The van der Waals surface area contributed by atoms with Gasteiger partial charge >= 0.3 is 12.3 Å². The molecular weight excluding hydrogens is 463 g/mol. The van der Waals surface area contributed by atoms with Gasteiger partial charge in [0.25, 0.3) is 5.91 Å². The molecule has 1 saturated carbocycles. The van der Waals surface area contributed by atoms with Gasteiger partial charge in [-0.1, -0.05) is 42.3 Å². The maximum absolute atomic E-state index is 13.2. The Kier molecular flexibility index (Phi) is 6.86. The van der Waals surface area contributed by atoms with Crippen LogP contribution in [0.1, 0.15) is 40.7 Å². The van der Waals surface area contributed by atoms with Gasteiger partial charge in [-0.25, -0.2) is 4.79 Å². The van der Waals surface area contributed by atoms with E-state index in [0.29, 0.717) is 10.9 Å². The number of halogens is 3. The van der Waals surface area contributed by atoms with Gasteiger partial charge in [-0.15, -0.1) is 13.2 Å². The summed E-state index contributed by atoms with van der Waals surface area (Å²) in [6, 6.07) is 13.3.